The molecule has 7 heteroatoms. The van der Waals surface area contributed by atoms with Crippen molar-refractivity contribution < 1.29 is 28.0 Å². The zero-order valence-corrected chi connectivity index (χ0v) is 16.0. The molecule has 0 aliphatic carbocycles. The monoisotopic (exact) mass is 366 g/mol. The van der Waals surface area contributed by atoms with Crippen molar-refractivity contribution in [1.82, 2.24) is 0 Å². The Bertz CT molecular complexity index is 828. The number of carbonyl (C=O) groups is 1. The summed E-state index contributed by atoms with van der Waals surface area (Å²) in [6.45, 7) is 5.10. The molecule has 25 heavy (non-hydrogen) atoms. The van der Waals surface area contributed by atoms with Crippen molar-refractivity contribution in [3.8, 4) is 23.0 Å². The summed E-state index contributed by atoms with van der Waals surface area (Å²) in [6.07, 6.45) is 1.47. The minimum atomic E-state index is -1.19. The summed E-state index contributed by atoms with van der Waals surface area (Å²) in [5.74, 6) is 0.784. The fourth-order valence-corrected chi connectivity index (χ4v) is 3.05. The van der Waals surface area contributed by atoms with Crippen molar-refractivity contribution in [2.75, 3.05) is 20.5 Å². The van der Waals surface area contributed by atoms with Crippen LogP contribution < -0.4 is 18.9 Å². The van der Waals surface area contributed by atoms with Crippen LogP contribution in [0.25, 0.3) is 10.8 Å². The first-order valence-corrected chi connectivity index (χ1v) is 9.26. The summed E-state index contributed by atoms with van der Waals surface area (Å²) < 4.78 is 34.1. The van der Waals surface area contributed by atoms with Crippen LogP contribution in [-0.2, 0) is 15.6 Å². The molecule has 0 N–H and O–H groups in total. The van der Waals surface area contributed by atoms with E-state index in [1.807, 2.05) is 13.8 Å². The topological polar surface area (TPSA) is 71.1 Å². The van der Waals surface area contributed by atoms with E-state index < -0.39 is 16.8 Å². The standard InChI is InChI=1S/C18H22O6S/c1-10(2)23-15-13-8-7-12(25(6)20)9-14(13)16(24-11(3)19)18(22-5)17(15)21-4/h7-10H,1-6H3. The van der Waals surface area contributed by atoms with Crippen LogP contribution in [0.3, 0.4) is 0 Å². The molecule has 0 amide bonds. The molecule has 6 nitrogen and oxygen atoms in total. The van der Waals surface area contributed by atoms with Gasteiger partial charge in [0.05, 0.1) is 20.3 Å². The lowest BCUT2D eigenvalue weighted by atomic mass is 10.1. The Morgan fingerprint density at radius 1 is 1.00 bits per heavy atom. The maximum Gasteiger partial charge on any atom is 0.308 e. The van der Waals surface area contributed by atoms with E-state index in [0.717, 1.165) is 0 Å². The number of carbonyl (C=O) groups excluding carboxylic acids is 1. The van der Waals surface area contributed by atoms with Gasteiger partial charge in [0.15, 0.2) is 11.5 Å². The lowest BCUT2D eigenvalue weighted by Gasteiger charge is -2.21. The number of fused-ring (bicyclic) bond motifs is 1. The summed E-state index contributed by atoms with van der Waals surface area (Å²) in [4.78, 5) is 12.2. The van der Waals surface area contributed by atoms with Crippen LogP contribution in [0.1, 0.15) is 20.8 Å². The third-order valence-electron chi connectivity index (χ3n) is 3.44. The van der Waals surface area contributed by atoms with E-state index in [1.54, 1.807) is 24.5 Å². The third kappa shape index (κ3) is 3.87. The molecule has 0 bridgehead atoms. The van der Waals surface area contributed by atoms with Gasteiger partial charge in [0, 0.05) is 39.6 Å². The van der Waals surface area contributed by atoms with Gasteiger partial charge in [-0.15, -0.1) is 0 Å². The molecule has 0 aliphatic rings. The van der Waals surface area contributed by atoms with Gasteiger partial charge in [0.2, 0.25) is 11.5 Å². The molecule has 0 saturated carbocycles. The zero-order valence-electron chi connectivity index (χ0n) is 15.2. The van der Waals surface area contributed by atoms with Crippen molar-refractivity contribution in [2.45, 2.75) is 31.8 Å². The van der Waals surface area contributed by atoms with Gasteiger partial charge in [0.25, 0.3) is 0 Å². The minimum absolute atomic E-state index is 0.110. The Hall–Kier alpha value is -2.28. The Balaban J connectivity index is 2.95. The molecular formula is C18H22O6S. The fraction of sp³-hybridized carbons (Fsp3) is 0.389. The molecule has 2 aromatic carbocycles. The average Bonchev–Trinajstić information content (AvgIpc) is 2.54. The summed E-state index contributed by atoms with van der Waals surface area (Å²) in [5, 5.41) is 1.24. The maximum absolute atomic E-state index is 11.9. The smallest absolute Gasteiger partial charge is 0.308 e. The van der Waals surface area contributed by atoms with Crippen molar-refractivity contribution in [3.05, 3.63) is 18.2 Å². The predicted octanol–water partition coefficient (Wildman–Crippen LogP) is 3.31. The van der Waals surface area contributed by atoms with E-state index in [0.29, 0.717) is 27.2 Å². The lowest BCUT2D eigenvalue weighted by molar-refractivity contribution is -0.131. The van der Waals surface area contributed by atoms with E-state index in [9.17, 15) is 9.00 Å². The number of esters is 1. The second-order valence-electron chi connectivity index (χ2n) is 5.65. The first-order valence-electron chi connectivity index (χ1n) is 7.70. The highest BCUT2D eigenvalue weighted by atomic mass is 32.2. The Kier molecular flexibility index (Phi) is 5.89. The second-order valence-corrected chi connectivity index (χ2v) is 7.03. The van der Waals surface area contributed by atoms with Crippen molar-refractivity contribution in [3.63, 3.8) is 0 Å². The maximum atomic E-state index is 11.9. The number of methoxy groups -OCH3 is 2. The van der Waals surface area contributed by atoms with E-state index in [4.69, 9.17) is 18.9 Å². The van der Waals surface area contributed by atoms with Gasteiger partial charge in [-0.3, -0.25) is 9.00 Å². The molecule has 0 heterocycles. The van der Waals surface area contributed by atoms with Crippen LogP contribution in [0.15, 0.2) is 23.1 Å². The molecule has 1 atom stereocenters. The predicted molar refractivity (Wildman–Crippen MR) is 96.5 cm³/mol. The molecule has 0 spiro atoms. The second kappa shape index (κ2) is 7.74. The van der Waals surface area contributed by atoms with Gasteiger partial charge in [0.1, 0.15) is 0 Å². The average molecular weight is 366 g/mol. The minimum Gasteiger partial charge on any atom is -0.490 e. The van der Waals surface area contributed by atoms with E-state index in [2.05, 4.69) is 0 Å². The summed E-state index contributed by atoms with van der Waals surface area (Å²) in [7, 11) is 1.75. The Morgan fingerprint density at radius 2 is 1.60 bits per heavy atom. The molecule has 0 aromatic heterocycles. The van der Waals surface area contributed by atoms with Gasteiger partial charge in [-0.1, -0.05) is 0 Å². The van der Waals surface area contributed by atoms with Crippen LogP contribution in [0.5, 0.6) is 23.0 Å². The molecule has 1 unspecified atom stereocenters. The van der Waals surface area contributed by atoms with Gasteiger partial charge < -0.3 is 18.9 Å². The lowest BCUT2D eigenvalue weighted by Crippen LogP contribution is -2.10. The summed E-state index contributed by atoms with van der Waals surface area (Å²) in [6, 6.07) is 5.23. The van der Waals surface area contributed by atoms with Crippen LogP contribution in [0.4, 0.5) is 0 Å². The molecule has 0 radical (unpaired) electrons. The highest BCUT2D eigenvalue weighted by molar-refractivity contribution is 7.84. The zero-order chi connectivity index (χ0) is 18.7. The number of benzene rings is 2. The normalized spacial score (nSPS) is 12.1. The van der Waals surface area contributed by atoms with Crippen LogP contribution in [0.2, 0.25) is 0 Å². The number of hydrogen-bond donors (Lipinski definition) is 0. The molecule has 136 valence electrons. The fourth-order valence-electron chi connectivity index (χ4n) is 2.51. The number of ether oxygens (including phenoxy) is 4. The Labute approximate surface area is 149 Å². The molecule has 2 rings (SSSR count). The highest BCUT2D eigenvalue weighted by Gasteiger charge is 2.25. The molecule has 0 saturated heterocycles. The third-order valence-corrected chi connectivity index (χ3v) is 4.36. The molecule has 2 aromatic rings. The van der Waals surface area contributed by atoms with Gasteiger partial charge in [-0.05, 0) is 32.0 Å². The molecule has 0 fully saturated rings. The quantitative estimate of drug-likeness (QED) is 0.577. The van der Waals surface area contributed by atoms with Crippen molar-refractivity contribution >= 4 is 27.5 Å². The van der Waals surface area contributed by atoms with Gasteiger partial charge in [-0.2, -0.15) is 0 Å². The van der Waals surface area contributed by atoms with E-state index >= 15 is 0 Å². The van der Waals surface area contributed by atoms with Crippen molar-refractivity contribution in [2.24, 2.45) is 0 Å². The van der Waals surface area contributed by atoms with Crippen LogP contribution >= 0.6 is 0 Å². The largest absolute Gasteiger partial charge is 0.490 e. The summed E-state index contributed by atoms with van der Waals surface area (Å²) in [5.41, 5.74) is 0. The SMILES string of the molecule is COc1c(OC)c(OC(C)C)c2ccc(S(C)=O)cc2c1OC(C)=O. The van der Waals surface area contributed by atoms with E-state index in [1.165, 1.54) is 21.1 Å². The van der Waals surface area contributed by atoms with Crippen LogP contribution in [-0.4, -0.2) is 36.8 Å². The molecular weight excluding hydrogens is 344 g/mol. The van der Waals surface area contributed by atoms with Crippen molar-refractivity contribution in [1.29, 1.82) is 0 Å². The highest BCUT2D eigenvalue weighted by Crippen LogP contribution is 2.51. The van der Waals surface area contributed by atoms with Crippen LogP contribution in [0, 0.1) is 0 Å². The van der Waals surface area contributed by atoms with Gasteiger partial charge >= 0.3 is 5.97 Å². The van der Waals surface area contributed by atoms with E-state index in [-0.39, 0.29) is 17.6 Å². The number of rotatable bonds is 6. The first-order chi connectivity index (χ1) is 11.8. The summed E-state index contributed by atoms with van der Waals surface area (Å²) >= 11 is 0. The molecule has 0 aliphatic heterocycles. The number of hydrogen-bond acceptors (Lipinski definition) is 6. The van der Waals surface area contributed by atoms with Gasteiger partial charge in [-0.25, -0.2) is 0 Å². The Morgan fingerprint density at radius 3 is 2.08 bits per heavy atom. The first kappa shape index (κ1) is 19.1.